The fraction of sp³-hybridized carbons (Fsp3) is 0.125. The number of carbonyl (C=O) groups is 1. The lowest BCUT2D eigenvalue weighted by Gasteiger charge is -2.04. The second-order valence-electron chi connectivity index (χ2n) is 2.30. The van der Waals surface area contributed by atoms with E-state index in [1.54, 1.807) is 24.3 Å². The van der Waals surface area contributed by atoms with Gasteiger partial charge in [0.05, 0.1) is 0 Å². The van der Waals surface area contributed by atoms with Gasteiger partial charge in [-0.1, -0.05) is 28.1 Å². The van der Waals surface area contributed by atoms with Crippen molar-refractivity contribution in [3.05, 3.63) is 34.3 Å². The minimum absolute atomic E-state index is 0.372. The lowest BCUT2D eigenvalue weighted by molar-refractivity contribution is -0.146. The Morgan fingerprint density at radius 3 is 2.67 bits per heavy atom. The fourth-order valence-electron chi connectivity index (χ4n) is 0.819. The highest BCUT2D eigenvalue weighted by atomic mass is 79.9. The monoisotopic (exact) mass is 230 g/mol. The van der Waals surface area contributed by atoms with E-state index in [1.807, 2.05) is 0 Å². The zero-order valence-corrected chi connectivity index (χ0v) is 7.65. The highest BCUT2D eigenvalue weighted by molar-refractivity contribution is 9.10. The molecular formula is C8H7BrO3. The molecule has 1 atom stereocenters. The minimum Gasteiger partial charge on any atom is -0.479 e. The second kappa shape index (κ2) is 3.69. The molecule has 0 spiro atoms. The maximum Gasteiger partial charge on any atom is 0.337 e. The number of aliphatic carboxylic acids is 1. The number of carboxylic acid groups (broad SMARTS) is 1. The number of carboxylic acids is 1. The van der Waals surface area contributed by atoms with E-state index in [0.717, 1.165) is 4.47 Å². The third-order valence-corrected chi connectivity index (χ3v) is 1.89. The van der Waals surface area contributed by atoms with Gasteiger partial charge in [0.15, 0.2) is 6.10 Å². The molecule has 0 aliphatic heterocycles. The molecule has 0 fully saturated rings. The molecule has 1 aromatic carbocycles. The lowest BCUT2D eigenvalue weighted by atomic mass is 10.1. The third-order valence-electron chi connectivity index (χ3n) is 1.40. The average molecular weight is 231 g/mol. The highest BCUT2D eigenvalue weighted by Crippen LogP contribution is 2.17. The van der Waals surface area contributed by atoms with Crippen LogP contribution in [0.1, 0.15) is 11.7 Å². The molecule has 0 radical (unpaired) electrons. The topological polar surface area (TPSA) is 57.5 Å². The Morgan fingerprint density at radius 1 is 1.50 bits per heavy atom. The molecule has 3 nitrogen and oxygen atoms in total. The summed E-state index contributed by atoms with van der Waals surface area (Å²) in [5, 5.41) is 17.6. The van der Waals surface area contributed by atoms with Gasteiger partial charge in [0.25, 0.3) is 0 Å². The summed E-state index contributed by atoms with van der Waals surface area (Å²) in [6.45, 7) is 0. The second-order valence-corrected chi connectivity index (χ2v) is 3.21. The van der Waals surface area contributed by atoms with Gasteiger partial charge in [-0.15, -0.1) is 0 Å². The number of aliphatic hydroxyl groups is 1. The molecule has 1 unspecified atom stereocenters. The third kappa shape index (κ3) is 2.06. The van der Waals surface area contributed by atoms with Crippen LogP contribution in [-0.2, 0) is 4.79 Å². The molecule has 0 aliphatic carbocycles. The van der Waals surface area contributed by atoms with Crippen LogP contribution < -0.4 is 0 Å². The first-order valence-corrected chi connectivity index (χ1v) is 4.07. The predicted octanol–water partition coefficient (Wildman–Crippen LogP) is 1.57. The number of halogens is 1. The van der Waals surface area contributed by atoms with Crippen molar-refractivity contribution in [3.8, 4) is 0 Å². The van der Waals surface area contributed by atoms with E-state index in [0.29, 0.717) is 5.56 Å². The van der Waals surface area contributed by atoms with Crippen molar-refractivity contribution in [3.63, 3.8) is 0 Å². The van der Waals surface area contributed by atoms with Crippen LogP contribution in [0.3, 0.4) is 0 Å². The van der Waals surface area contributed by atoms with Gasteiger partial charge in [-0.2, -0.15) is 0 Å². The van der Waals surface area contributed by atoms with Gasteiger partial charge >= 0.3 is 5.97 Å². The Bertz CT molecular complexity index is 298. The van der Waals surface area contributed by atoms with Crippen molar-refractivity contribution < 1.29 is 15.0 Å². The first-order chi connectivity index (χ1) is 5.61. The summed E-state index contributed by atoms with van der Waals surface area (Å²) >= 11 is 3.18. The summed E-state index contributed by atoms with van der Waals surface area (Å²) < 4.78 is 0.750. The number of hydrogen-bond donors (Lipinski definition) is 2. The van der Waals surface area contributed by atoms with Crippen LogP contribution in [0.2, 0.25) is 0 Å². The molecule has 0 aliphatic rings. The first kappa shape index (κ1) is 9.22. The SMILES string of the molecule is O=C(O)C(O)c1cccc(Br)c1. The zero-order valence-electron chi connectivity index (χ0n) is 6.07. The number of hydrogen-bond acceptors (Lipinski definition) is 2. The van der Waals surface area contributed by atoms with Crippen molar-refractivity contribution in [1.82, 2.24) is 0 Å². The molecule has 0 bridgehead atoms. The molecule has 0 saturated carbocycles. The van der Waals surface area contributed by atoms with E-state index < -0.39 is 12.1 Å². The van der Waals surface area contributed by atoms with Crippen LogP contribution in [0, 0.1) is 0 Å². The van der Waals surface area contributed by atoms with Gasteiger partial charge in [-0.05, 0) is 17.7 Å². The van der Waals surface area contributed by atoms with E-state index in [-0.39, 0.29) is 0 Å². The van der Waals surface area contributed by atoms with Gasteiger partial charge in [0.1, 0.15) is 0 Å². The van der Waals surface area contributed by atoms with Crippen LogP contribution in [0.5, 0.6) is 0 Å². The number of aliphatic hydroxyl groups excluding tert-OH is 1. The normalized spacial score (nSPS) is 12.5. The summed E-state index contributed by atoms with van der Waals surface area (Å²) in [4.78, 5) is 10.3. The van der Waals surface area contributed by atoms with Gasteiger partial charge in [0, 0.05) is 4.47 Å². The summed E-state index contributed by atoms with van der Waals surface area (Å²) in [5.41, 5.74) is 0.372. The van der Waals surface area contributed by atoms with E-state index in [4.69, 9.17) is 10.2 Å². The fourth-order valence-corrected chi connectivity index (χ4v) is 1.24. The number of rotatable bonds is 2. The van der Waals surface area contributed by atoms with Crippen LogP contribution in [0.4, 0.5) is 0 Å². The predicted molar refractivity (Wildman–Crippen MR) is 46.7 cm³/mol. The Morgan fingerprint density at radius 2 is 2.17 bits per heavy atom. The minimum atomic E-state index is -1.44. The lowest BCUT2D eigenvalue weighted by Crippen LogP contribution is -2.09. The Kier molecular flexibility index (Phi) is 2.83. The van der Waals surface area contributed by atoms with Gasteiger partial charge < -0.3 is 10.2 Å². The summed E-state index contributed by atoms with van der Waals surface area (Å²) in [6, 6.07) is 6.56. The molecule has 64 valence electrons. The average Bonchev–Trinajstić information content (AvgIpc) is 2.03. The van der Waals surface area contributed by atoms with Gasteiger partial charge in [-0.25, -0.2) is 4.79 Å². The van der Waals surface area contributed by atoms with E-state index >= 15 is 0 Å². The molecule has 2 N–H and O–H groups in total. The van der Waals surface area contributed by atoms with Crippen molar-refractivity contribution in [2.24, 2.45) is 0 Å². The highest BCUT2D eigenvalue weighted by Gasteiger charge is 2.15. The largest absolute Gasteiger partial charge is 0.479 e. The molecule has 0 heterocycles. The zero-order chi connectivity index (χ0) is 9.14. The van der Waals surface area contributed by atoms with E-state index in [2.05, 4.69) is 15.9 Å². The quantitative estimate of drug-likeness (QED) is 0.812. The van der Waals surface area contributed by atoms with Crippen molar-refractivity contribution in [1.29, 1.82) is 0 Å². The molecule has 12 heavy (non-hydrogen) atoms. The Labute approximate surface area is 77.8 Å². The van der Waals surface area contributed by atoms with Crippen LogP contribution in [0.15, 0.2) is 28.7 Å². The van der Waals surface area contributed by atoms with E-state index in [9.17, 15) is 4.79 Å². The Hall–Kier alpha value is -0.870. The van der Waals surface area contributed by atoms with Crippen molar-refractivity contribution in [2.45, 2.75) is 6.10 Å². The van der Waals surface area contributed by atoms with Crippen molar-refractivity contribution in [2.75, 3.05) is 0 Å². The smallest absolute Gasteiger partial charge is 0.337 e. The summed E-state index contributed by atoms with van der Waals surface area (Å²) in [7, 11) is 0. The van der Waals surface area contributed by atoms with Crippen LogP contribution in [-0.4, -0.2) is 16.2 Å². The Balaban J connectivity index is 2.95. The molecule has 0 aromatic heterocycles. The molecule has 0 saturated heterocycles. The van der Waals surface area contributed by atoms with Gasteiger partial charge in [-0.3, -0.25) is 0 Å². The summed E-state index contributed by atoms with van der Waals surface area (Å²) in [6.07, 6.45) is -1.44. The first-order valence-electron chi connectivity index (χ1n) is 3.27. The molecular weight excluding hydrogens is 224 g/mol. The maximum absolute atomic E-state index is 10.3. The van der Waals surface area contributed by atoms with Crippen LogP contribution >= 0.6 is 15.9 Å². The molecule has 1 rings (SSSR count). The molecule has 1 aromatic rings. The molecule has 4 heteroatoms. The number of benzene rings is 1. The molecule has 0 amide bonds. The standard InChI is InChI=1S/C8H7BrO3/c9-6-3-1-2-5(4-6)7(10)8(11)12/h1-4,7,10H,(H,11,12). The van der Waals surface area contributed by atoms with Crippen LogP contribution in [0.25, 0.3) is 0 Å². The summed E-state index contributed by atoms with van der Waals surface area (Å²) in [5.74, 6) is -1.24. The van der Waals surface area contributed by atoms with Crippen molar-refractivity contribution >= 4 is 21.9 Å². The maximum atomic E-state index is 10.3. The van der Waals surface area contributed by atoms with Gasteiger partial charge in [0.2, 0.25) is 0 Å². The van der Waals surface area contributed by atoms with E-state index in [1.165, 1.54) is 0 Å².